The fraction of sp³-hybridized carbons (Fsp3) is 0.235. The SMILES string of the molecule is COc1ccc(C(=O)C2CC2c2ccccc2)c(Cl)c1. The summed E-state index contributed by atoms with van der Waals surface area (Å²) in [4.78, 5) is 12.5. The number of Topliss-reactive ketones (excluding diaryl/α,β-unsaturated/α-hetero) is 1. The first kappa shape index (κ1) is 13.2. The maximum atomic E-state index is 12.5. The molecule has 1 aliphatic carbocycles. The lowest BCUT2D eigenvalue weighted by molar-refractivity contribution is 0.0965. The number of hydrogen-bond acceptors (Lipinski definition) is 2. The first-order valence-corrected chi connectivity index (χ1v) is 7.01. The molecule has 1 aliphatic rings. The third kappa shape index (κ3) is 2.44. The predicted molar refractivity (Wildman–Crippen MR) is 79.6 cm³/mol. The number of methoxy groups -OCH3 is 1. The minimum absolute atomic E-state index is 0.0586. The molecule has 2 nitrogen and oxygen atoms in total. The van der Waals surface area contributed by atoms with Crippen molar-refractivity contribution >= 4 is 17.4 Å². The molecule has 2 unspecified atom stereocenters. The second-order valence-electron chi connectivity index (χ2n) is 5.07. The van der Waals surface area contributed by atoms with Gasteiger partial charge in [-0.1, -0.05) is 41.9 Å². The Morgan fingerprint density at radius 1 is 1.20 bits per heavy atom. The van der Waals surface area contributed by atoms with Gasteiger partial charge >= 0.3 is 0 Å². The summed E-state index contributed by atoms with van der Waals surface area (Å²) < 4.78 is 5.10. The molecule has 0 saturated heterocycles. The van der Waals surface area contributed by atoms with Crippen LogP contribution < -0.4 is 4.74 Å². The van der Waals surface area contributed by atoms with Crippen molar-refractivity contribution in [1.82, 2.24) is 0 Å². The number of halogens is 1. The smallest absolute Gasteiger partial charge is 0.168 e. The molecular weight excluding hydrogens is 272 g/mol. The summed E-state index contributed by atoms with van der Waals surface area (Å²) in [5.41, 5.74) is 1.83. The minimum atomic E-state index is 0.0586. The van der Waals surface area contributed by atoms with Crippen LogP contribution in [-0.4, -0.2) is 12.9 Å². The number of rotatable bonds is 4. The molecule has 0 heterocycles. The number of carbonyl (C=O) groups is 1. The van der Waals surface area contributed by atoms with Crippen molar-refractivity contribution in [3.05, 3.63) is 64.7 Å². The van der Waals surface area contributed by atoms with Gasteiger partial charge in [-0.2, -0.15) is 0 Å². The number of benzene rings is 2. The molecule has 0 N–H and O–H groups in total. The molecule has 3 rings (SSSR count). The Hall–Kier alpha value is -1.80. The highest BCUT2D eigenvalue weighted by Crippen LogP contribution is 2.49. The fourth-order valence-electron chi connectivity index (χ4n) is 2.58. The van der Waals surface area contributed by atoms with Gasteiger partial charge in [-0.15, -0.1) is 0 Å². The Morgan fingerprint density at radius 3 is 2.60 bits per heavy atom. The lowest BCUT2D eigenvalue weighted by Crippen LogP contribution is -2.04. The molecule has 2 aromatic carbocycles. The minimum Gasteiger partial charge on any atom is -0.497 e. The van der Waals surface area contributed by atoms with E-state index in [4.69, 9.17) is 16.3 Å². The molecule has 0 bridgehead atoms. The summed E-state index contributed by atoms with van der Waals surface area (Å²) >= 11 is 6.17. The second-order valence-corrected chi connectivity index (χ2v) is 5.48. The third-order valence-corrected chi connectivity index (χ3v) is 4.11. The molecule has 102 valence electrons. The zero-order chi connectivity index (χ0) is 14.1. The molecule has 0 amide bonds. The summed E-state index contributed by atoms with van der Waals surface area (Å²) in [7, 11) is 1.58. The topological polar surface area (TPSA) is 26.3 Å². The Bertz CT molecular complexity index is 637. The second kappa shape index (κ2) is 5.29. The van der Waals surface area contributed by atoms with Gasteiger partial charge in [-0.05, 0) is 36.1 Å². The maximum absolute atomic E-state index is 12.5. The third-order valence-electron chi connectivity index (χ3n) is 3.80. The van der Waals surface area contributed by atoms with Gasteiger partial charge < -0.3 is 4.74 Å². The van der Waals surface area contributed by atoms with Crippen LogP contribution in [0.4, 0.5) is 0 Å². The van der Waals surface area contributed by atoms with E-state index in [0.717, 1.165) is 6.42 Å². The van der Waals surface area contributed by atoms with E-state index in [1.165, 1.54) is 5.56 Å². The van der Waals surface area contributed by atoms with Crippen LogP contribution in [0.3, 0.4) is 0 Å². The number of hydrogen-bond donors (Lipinski definition) is 0. The molecule has 2 aromatic rings. The lowest BCUT2D eigenvalue weighted by Gasteiger charge is -2.06. The summed E-state index contributed by atoms with van der Waals surface area (Å²) in [6, 6.07) is 15.4. The monoisotopic (exact) mass is 286 g/mol. The molecule has 0 radical (unpaired) electrons. The van der Waals surface area contributed by atoms with Gasteiger partial charge in [0, 0.05) is 11.5 Å². The molecule has 20 heavy (non-hydrogen) atoms. The zero-order valence-electron chi connectivity index (χ0n) is 11.2. The van der Waals surface area contributed by atoms with E-state index in [-0.39, 0.29) is 11.7 Å². The molecule has 3 heteroatoms. The standard InChI is InChI=1S/C17H15ClO2/c1-20-12-7-8-13(16(18)9-12)17(19)15-10-14(15)11-5-3-2-4-6-11/h2-9,14-15H,10H2,1H3. The molecule has 2 atom stereocenters. The Kier molecular flexibility index (Phi) is 3.49. The van der Waals surface area contributed by atoms with E-state index in [9.17, 15) is 4.79 Å². The molecule has 0 aliphatic heterocycles. The van der Waals surface area contributed by atoms with Crippen LogP contribution in [0.1, 0.15) is 28.3 Å². The zero-order valence-corrected chi connectivity index (χ0v) is 11.9. The van der Waals surface area contributed by atoms with E-state index in [0.29, 0.717) is 22.3 Å². The highest BCUT2D eigenvalue weighted by Gasteiger charge is 2.44. The van der Waals surface area contributed by atoms with E-state index in [1.807, 2.05) is 18.2 Å². The van der Waals surface area contributed by atoms with Gasteiger partial charge in [0.25, 0.3) is 0 Å². The number of ketones is 1. The Morgan fingerprint density at radius 2 is 1.95 bits per heavy atom. The van der Waals surface area contributed by atoms with Gasteiger partial charge in [0.1, 0.15) is 5.75 Å². The van der Waals surface area contributed by atoms with Crippen LogP contribution in [0.25, 0.3) is 0 Å². The van der Waals surface area contributed by atoms with Crippen molar-refractivity contribution in [2.24, 2.45) is 5.92 Å². The van der Waals surface area contributed by atoms with Crippen LogP contribution in [0, 0.1) is 5.92 Å². The van der Waals surface area contributed by atoms with Crippen LogP contribution >= 0.6 is 11.6 Å². The molecule has 0 spiro atoms. The van der Waals surface area contributed by atoms with Crippen molar-refractivity contribution < 1.29 is 9.53 Å². The van der Waals surface area contributed by atoms with Crippen LogP contribution in [0.2, 0.25) is 5.02 Å². The average molecular weight is 287 g/mol. The molecule has 1 fully saturated rings. The van der Waals surface area contributed by atoms with Crippen molar-refractivity contribution in [3.8, 4) is 5.75 Å². The van der Waals surface area contributed by atoms with Crippen LogP contribution in [-0.2, 0) is 0 Å². The Balaban J connectivity index is 1.78. The van der Waals surface area contributed by atoms with Gasteiger partial charge in [-0.3, -0.25) is 4.79 Å². The highest BCUT2D eigenvalue weighted by molar-refractivity contribution is 6.34. The van der Waals surface area contributed by atoms with E-state index >= 15 is 0 Å². The van der Waals surface area contributed by atoms with Crippen molar-refractivity contribution in [1.29, 1.82) is 0 Å². The highest BCUT2D eigenvalue weighted by atomic mass is 35.5. The number of ether oxygens (including phenoxy) is 1. The van der Waals surface area contributed by atoms with Gasteiger partial charge in [0.15, 0.2) is 5.78 Å². The van der Waals surface area contributed by atoms with Gasteiger partial charge in [-0.25, -0.2) is 0 Å². The van der Waals surface area contributed by atoms with Crippen molar-refractivity contribution in [3.63, 3.8) is 0 Å². The summed E-state index contributed by atoms with van der Waals surface area (Å²) in [5.74, 6) is 1.19. The first-order chi connectivity index (χ1) is 9.70. The quantitative estimate of drug-likeness (QED) is 0.782. The van der Waals surface area contributed by atoms with Crippen molar-refractivity contribution in [2.45, 2.75) is 12.3 Å². The van der Waals surface area contributed by atoms with Crippen LogP contribution in [0.15, 0.2) is 48.5 Å². The first-order valence-electron chi connectivity index (χ1n) is 6.63. The van der Waals surface area contributed by atoms with Crippen LogP contribution in [0.5, 0.6) is 5.75 Å². The summed E-state index contributed by atoms with van der Waals surface area (Å²) in [6.07, 6.45) is 0.908. The molecule has 1 saturated carbocycles. The van der Waals surface area contributed by atoms with Gasteiger partial charge in [0.05, 0.1) is 12.1 Å². The maximum Gasteiger partial charge on any atom is 0.168 e. The fourth-order valence-corrected chi connectivity index (χ4v) is 2.84. The Labute approximate surface area is 123 Å². The van der Waals surface area contributed by atoms with E-state index < -0.39 is 0 Å². The predicted octanol–water partition coefficient (Wildman–Crippen LogP) is 4.34. The molecule has 0 aromatic heterocycles. The van der Waals surface area contributed by atoms with Crippen molar-refractivity contribution in [2.75, 3.05) is 7.11 Å². The summed E-state index contributed by atoms with van der Waals surface area (Å²) in [5, 5.41) is 0.466. The molecular formula is C17H15ClO2. The number of carbonyl (C=O) groups excluding carboxylic acids is 1. The lowest BCUT2D eigenvalue weighted by atomic mass is 10.0. The largest absolute Gasteiger partial charge is 0.497 e. The normalized spacial score (nSPS) is 20.5. The van der Waals surface area contributed by atoms with E-state index in [2.05, 4.69) is 12.1 Å². The summed E-state index contributed by atoms with van der Waals surface area (Å²) in [6.45, 7) is 0. The van der Waals surface area contributed by atoms with E-state index in [1.54, 1.807) is 25.3 Å². The van der Waals surface area contributed by atoms with Gasteiger partial charge in [0.2, 0.25) is 0 Å². The average Bonchev–Trinajstić information content (AvgIpc) is 3.28.